The second-order valence-electron chi connectivity index (χ2n) is 6.14. The lowest BCUT2D eigenvalue weighted by Crippen LogP contribution is -2.24. The highest BCUT2D eigenvalue weighted by Crippen LogP contribution is 2.40. The van der Waals surface area contributed by atoms with Gasteiger partial charge >= 0.3 is 0 Å². The maximum absolute atomic E-state index is 12.6. The zero-order chi connectivity index (χ0) is 21.4. The fourth-order valence-electron chi connectivity index (χ4n) is 2.87. The maximum atomic E-state index is 12.6. The molecule has 0 saturated carbocycles. The van der Waals surface area contributed by atoms with Gasteiger partial charge in [0.15, 0.2) is 23.0 Å². The summed E-state index contributed by atoms with van der Waals surface area (Å²) in [5.41, 5.74) is 1.63. The van der Waals surface area contributed by atoms with Gasteiger partial charge in [-0.3, -0.25) is 4.79 Å². The van der Waals surface area contributed by atoms with Crippen molar-refractivity contribution in [2.45, 2.75) is 6.54 Å². The van der Waals surface area contributed by atoms with Crippen LogP contribution < -0.4 is 23.7 Å². The minimum absolute atomic E-state index is 0.156. The Bertz CT molecular complexity index is 878. The number of methoxy groups -OCH3 is 5. The highest BCUT2D eigenvalue weighted by molar-refractivity contribution is 5.92. The Morgan fingerprint density at radius 2 is 1.45 bits per heavy atom. The van der Waals surface area contributed by atoms with Gasteiger partial charge in [0.1, 0.15) is 0 Å². The fourth-order valence-corrected chi connectivity index (χ4v) is 2.87. The van der Waals surface area contributed by atoms with Crippen molar-refractivity contribution in [2.24, 2.45) is 0 Å². The molecule has 0 N–H and O–H groups in total. The topological polar surface area (TPSA) is 66.5 Å². The summed E-state index contributed by atoms with van der Waals surface area (Å²) in [5.74, 6) is 2.64. The Kier molecular flexibility index (Phi) is 7.77. The van der Waals surface area contributed by atoms with Crippen LogP contribution in [0.2, 0.25) is 0 Å². The highest BCUT2D eigenvalue weighted by atomic mass is 16.5. The van der Waals surface area contributed by atoms with E-state index in [1.165, 1.54) is 13.2 Å². The van der Waals surface area contributed by atoms with Gasteiger partial charge in [0.25, 0.3) is 0 Å². The van der Waals surface area contributed by atoms with Crippen molar-refractivity contribution in [2.75, 3.05) is 42.6 Å². The molecule has 0 aliphatic rings. The van der Waals surface area contributed by atoms with Crippen LogP contribution in [-0.4, -0.2) is 53.4 Å². The molecular formula is C22H27NO6. The molecule has 2 aromatic carbocycles. The number of ether oxygens (including phenoxy) is 5. The van der Waals surface area contributed by atoms with Gasteiger partial charge in [-0.1, -0.05) is 6.07 Å². The van der Waals surface area contributed by atoms with E-state index in [9.17, 15) is 4.79 Å². The van der Waals surface area contributed by atoms with Crippen molar-refractivity contribution in [3.63, 3.8) is 0 Å². The first-order chi connectivity index (χ1) is 14.0. The molecule has 0 aromatic heterocycles. The van der Waals surface area contributed by atoms with Gasteiger partial charge in [-0.2, -0.15) is 0 Å². The van der Waals surface area contributed by atoms with Crippen molar-refractivity contribution in [3.05, 3.63) is 47.5 Å². The monoisotopic (exact) mass is 401 g/mol. The summed E-state index contributed by atoms with van der Waals surface area (Å²) in [6.45, 7) is 0.423. The first-order valence-corrected chi connectivity index (χ1v) is 8.92. The number of carbonyl (C=O) groups excluding carboxylic acids is 1. The van der Waals surface area contributed by atoms with Crippen molar-refractivity contribution >= 4 is 12.0 Å². The highest BCUT2D eigenvalue weighted by Gasteiger charge is 2.15. The third kappa shape index (κ3) is 5.13. The second kappa shape index (κ2) is 10.3. The van der Waals surface area contributed by atoms with Crippen molar-refractivity contribution < 1.29 is 28.5 Å². The Balaban J connectivity index is 2.16. The molecule has 0 radical (unpaired) electrons. The number of hydrogen-bond donors (Lipinski definition) is 0. The lowest BCUT2D eigenvalue weighted by Gasteiger charge is -2.17. The predicted molar refractivity (Wildman–Crippen MR) is 111 cm³/mol. The van der Waals surface area contributed by atoms with Crippen molar-refractivity contribution in [3.8, 4) is 28.7 Å². The van der Waals surface area contributed by atoms with E-state index in [2.05, 4.69) is 0 Å². The molecule has 0 aliphatic carbocycles. The smallest absolute Gasteiger partial charge is 0.246 e. The third-order valence-electron chi connectivity index (χ3n) is 4.38. The van der Waals surface area contributed by atoms with E-state index in [-0.39, 0.29) is 5.91 Å². The van der Waals surface area contributed by atoms with Gasteiger partial charge in [0, 0.05) is 25.2 Å². The zero-order valence-corrected chi connectivity index (χ0v) is 17.6. The number of nitrogens with zero attached hydrogens (tertiary/aromatic N) is 1. The molecule has 156 valence electrons. The summed E-state index contributed by atoms with van der Waals surface area (Å²) in [7, 11) is 9.53. The Labute approximate surface area is 171 Å². The Hall–Kier alpha value is -3.35. The summed E-state index contributed by atoms with van der Waals surface area (Å²) in [5, 5.41) is 0. The summed E-state index contributed by atoms with van der Waals surface area (Å²) >= 11 is 0. The average Bonchev–Trinajstić information content (AvgIpc) is 2.76. The molecule has 0 atom stereocenters. The molecule has 0 fully saturated rings. The summed E-state index contributed by atoms with van der Waals surface area (Å²) in [6.07, 6.45) is 3.18. The van der Waals surface area contributed by atoms with Crippen LogP contribution in [0, 0.1) is 0 Å². The lowest BCUT2D eigenvalue weighted by atomic mass is 10.1. The van der Waals surface area contributed by atoms with E-state index in [1.807, 2.05) is 18.2 Å². The van der Waals surface area contributed by atoms with Crippen LogP contribution in [0.3, 0.4) is 0 Å². The first kappa shape index (κ1) is 21.9. The molecular weight excluding hydrogens is 374 g/mol. The van der Waals surface area contributed by atoms with Gasteiger partial charge in [0.05, 0.1) is 35.5 Å². The van der Waals surface area contributed by atoms with E-state index in [4.69, 9.17) is 23.7 Å². The number of amides is 1. The number of carbonyl (C=O) groups is 1. The van der Waals surface area contributed by atoms with Crippen LogP contribution in [0.25, 0.3) is 6.08 Å². The summed E-state index contributed by atoms with van der Waals surface area (Å²) in [4.78, 5) is 14.2. The van der Waals surface area contributed by atoms with E-state index in [1.54, 1.807) is 58.6 Å². The molecule has 2 aromatic rings. The Morgan fingerprint density at radius 3 is 2.03 bits per heavy atom. The minimum Gasteiger partial charge on any atom is -0.493 e. The molecule has 0 spiro atoms. The molecule has 0 saturated heterocycles. The van der Waals surface area contributed by atoms with Crippen molar-refractivity contribution in [1.29, 1.82) is 0 Å². The molecule has 29 heavy (non-hydrogen) atoms. The van der Waals surface area contributed by atoms with Crippen LogP contribution in [0.5, 0.6) is 28.7 Å². The predicted octanol–water partition coefficient (Wildman–Crippen LogP) is 3.40. The average molecular weight is 401 g/mol. The number of likely N-dealkylation sites (N-methyl/N-ethyl adjacent to an activating group) is 1. The minimum atomic E-state index is -0.156. The molecule has 0 heterocycles. The summed E-state index contributed by atoms with van der Waals surface area (Å²) in [6, 6.07) is 9.13. The normalized spacial score (nSPS) is 10.6. The third-order valence-corrected chi connectivity index (χ3v) is 4.38. The van der Waals surface area contributed by atoms with Crippen LogP contribution in [0.4, 0.5) is 0 Å². The van der Waals surface area contributed by atoms with Gasteiger partial charge in [-0.25, -0.2) is 0 Å². The van der Waals surface area contributed by atoms with E-state index in [0.717, 1.165) is 5.56 Å². The van der Waals surface area contributed by atoms with Crippen LogP contribution >= 0.6 is 0 Å². The number of hydrogen-bond acceptors (Lipinski definition) is 6. The quantitative estimate of drug-likeness (QED) is 0.600. The molecule has 0 unspecified atom stereocenters. The largest absolute Gasteiger partial charge is 0.493 e. The zero-order valence-electron chi connectivity index (χ0n) is 17.6. The second-order valence-corrected chi connectivity index (χ2v) is 6.14. The van der Waals surface area contributed by atoms with Crippen LogP contribution in [0.1, 0.15) is 11.1 Å². The van der Waals surface area contributed by atoms with Gasteiger partial charge in [-0.15, -0.1) is 0 Å². The first-order valence-electron chi connectivity index (χ1n) is 8.92. The molecule has 7 nitrogen and oxygen atoms in total. The van der Waals surface area contributed by atoms with Gasteiger partial charge in [0.2, 0.25) is 11.7 Å². The van der Waals surface area contributed by atoms with Crippen LogP contribution in [0.15, 0.2) is 36.4 Å². The van der Waals surface area contributed by atoms with Gasteiger partial charge < -0.3 is 28.6 Å². The number of benzene rings is 2. The number of rotatable bonds is 9. The lowest BCUT2D eigenvalue weighted by molar-refractivity contribution is -0.125. The molecule has 2 rings (SSSR count). The molecule has 0 aliphatic heterocycles. The maximum Gasteiger partial charge on any atom is 0.246 e. The Morgan fingerprint density at radius 1 is 0.828 bits per heavy atom. The van der Waals surface area contributed by atoms with E-state index in [0.29, 0.717) is 40.9 Å². The van der Waals surface area contributed by atoms with Crippen molar-refractivity contribution in [1.82, 2.24) is 4.90 Å². The molecule has 1 amide bonds. The van der Waals surface area contributed by atoms with Gasteiger partial charge in [-0.05, 0) is 35.9 Å². The van der Waals surface area contributed by atoms with E-state index < -0.39 is 0 Å². The summed E-state index contributed by atoms with van der Waals surface area (Å²) < 4.78 is 26.6. The SMILES string of the molecule is COc1ccc(CN(C)C(=O)/C=C/c2ccc(OC)c(OC)c2OC)cc1OC. The fraction of sp³-hybridized carbons (Fsp3) is 0.318. The standard InChI is InChI=1S/C22H27NO6/c1-23(14-15-7-10-17(25-2)19(13-15)27-4)20(24)12-9-16-8-11-18(26-3)22(29-6)21(16)28-5/h7-13H,14H2,1-6H3/b12-9+. The van der Waals surface area contributed by atoms with E-state index >= 15 is 0 Å². The van der Waals surface area contributed by atoms with Crippen LogP contribution in [-0.2, 0) is 11.3 Å². The molecule has 0 bridgehead atoms. The molecule has 7 heteroatoms.